The maximum Gasteiger partial charge on any atom is 0.0948 e. The predicted molar refractivity (Wildman–Crippen MR) is 68.6 cm³/mol. The number of aliphatic hydroxyl groups is 1. The molecule has 0 aromatic carbocycles. The van der Waals surface area contributed by atoms with Crippen LogP contribution in [0.2, 0.25) is 0 Å². The molecule has 5 heteroatoms. The van der Waals surface area contributed by atoms with E-state index in [0.29, 0.717) is 12.6 Å². The molecule has 0 amide bonds. The first-order valence-corrected chi connectivity index (χ1v) is 6.29. The average Bonchev–Trinajstić information content (AvgIpc) is 2.81. The van der Waals surface area contributed by atoms with Crippen LogP contribution in [0.1, 0.15) is 38.4 Å². The summed E-state index contributed by atoms with van der Waals surface area (Å²) in [6, 6.07) is 0.474. The van der Waals surface area contributed by atoms with Crippen molar-refractivity contribution in [3.8, 4) is 0 Å². The van der Waals surface area contributed by atoms with Crippen LogP contribution < -0.4 is 11.1 Å². The van der Waals surface area contributed by atoms with Crippen molar-refractivity contribution >= 4 is 0 Å². The topological polar surface area (TPSA) is 76.1 Å². The zero-order chi connectivity index (χ0) is 12.7. The number of aliphatic hydroxyl groups excluding tert-OH is 1. The summed E-state index contributed by atoms with van der Waals surface area (Å²) in [5.74, 6) is 0. The molecular weight excluding hydrogens is 216 g/mol. The predicted octanol–water partition coefficient (Wildman–Crippen LogP) is 0.653. The first-order valence-electron chi connectivity index (χ1n) is 6.29. The fourth-order valence-electron chi connectivity index (χ4n) is 1.98. The van der Waals surface area contributed by atoms with Crippen molar-refractivity contribution in [1.82, 2.24) is 14.9 Å². The molecule has 0 spiro atoms. The number of aromatic nitrogens is 2. The van der Waals surface area contributed by atoms with Crippen LogP contribution in [0.5, 0.6) is 0 Å². The number of aryl methyl sites for hydroxylation is 1. The van der Waals surface area contributed by atoms with Gasteiger partial charge in [-0.2, -0.15) is 0 Å². The third-order valence-corrected chi connectivity index (χ3v) is 2.96. The van der Waals surface area contributed by atoms with E-state index in [-0.39, 0.29) is 12.6 Å². The highest BCUT2D eigenvalue weighted by Crippen LogP contribution is 2.13. The van der Waals surface area contributed by atoms with Crippen LogP contribution in [-0.4, -0.2) is 33.9 Å². The molecule has 98 valence electrons. The zero-order valence-corrected chi connectivity index (χ0v) is 10.8. The Balaban J connectivity index is 2.59. The number of imidazole rings is 1. The molecule has 0 aliphatic rings. The molecule has 17 heavy (non-hydrogen) atoms. The molecule has 4 N–H and O–H groups in total. The highest BCUT2D eigenvalue weighted by molar-refractivity contribution is 5.06. The lowest BCUT2D eigenvalue weighted by atomic mass is 10.1. The molecule has 1 rings (SSSR count). The van der Waals surface area contributed by atoms with Gasteiger partial charge in [-0.25, -0.2) is 4.98 Å². The van der Waals surface area contributed by atoms with Gasteiger partial charge >= 0.3 is 0 Å². The number of nitrogens with one attached hydrogen (secondary N) is 1. The van der Waals surface area contributed by atoms with Gasteiger partial charge in [-0.05, 0) is 26.7 Å². The van der Waals surface area contributed by atoms with E-state index in [0.717, 1.165) is 25.1 Å². The molecule has 0 radical (unpaired) electrons. The molecule has 0 aliphatic heterocycles. The van der Waals surface area contributed by atoms with Gasteiger partial charge in [-0.1, -0.05) is 0 Å². The summed E-state index contributed by atoms with van der Waals surface area (Å²) >= 11 is 0. The molecule has 2 unspecified atom stereocenters. The molecule has 1 aromatic rings. The lowest BCUT2D eigenvalue weighted by Crippen LogP contribution is -2.36. The Labute approximate surface area is 103 Å². The van der Waals surface area contributed by atoms with Crippen molar-refractivity contribution in [2.45, 2.75) is 45.3 Å². The van der Waals surface area contributed by atoms with Crippen molar-refractivity contribution in [2.75, 3.05) is 13.2 Å². The molecule has 0 bridgehead atoms. The van der Waals surface area contributed by atoms with Gasteiger partial charge in [0, 0.05) is 31.9 Å². The number of nitrogens with two attached hydrogens (primary N) is 1. The lowest BCUT2D eigenvalue weighted by molar-refractivity contribution is 0.273. The second kappa shape index (κ2) is 7.42. The van der Waals surface area contributed by atoms with E-state index in [1.54, 1.807) is 0 Å². The molecule has 0 aliphatic carbocycles. The van der Waals surface area contributed by atoms with E-state index in [9.17, 15) is 0 Å². The summed E-state index contributed by atoms with van der Waals surface area (Å²) in [6.07, 6.45) is 5.47. The Kier molecular flexibility index (Phi) is 6.18. The van der Waals surface area contributed by atoms with Crippen molar-refractivity contribution < 1.29 is 5.11 Å². The van der Waals surface area contributed by atoms with E-state index >= 15 is 0 Å². The van der Waals surface area contributed by atoms with Gasteiger partial charge in [0.2, 0.25) is 0 Å². The Bertz CT molecular complexity index is 313. The largest absolute Gasteiger partial charge is 0.396 e. The maximum absolute atomic E-state index is 8.81. The van der Waals surface area contributed by atoms with Gasteiger partial charge < -0.3 is 20.7 Å². The maximum atomic E-state index is 8.81. The van der Waals surface area contributed by atoms with Crippen molar-refractivity contribution in [1.29, 1.82) is 0 Å². The van der Waals surface area contributed by atoms with Crippen molar-refractivity contribution in [2.24, 2.45) is 5.73 Å². The van der Waals surface area contributed by atoms with Gasteiger partial charge in [0.15, 0.2) is 0 Å². The van der Waals surface area contributed by atoms with Gasteiger partial charge in [0.25, 0.3) is 0 Å². The van der Waals surface area contributed by atoms with E-state index in [2.05, 4.69) is 28.7 Å². The van der Waals surface area contributed by atoms with Crippen LogP contribution in [0.3, 0.4) is 0 Å². The highest BCUT2D eigenvalue weighted by Gasteiger charge is 2.15. The van der Waals surface area contributed by atoms with Gasteiger partial charge in [-0.15, -0.1) is 0 Å². The van der Waals surface area contributed by atoms with E-state index in [1.807, 2.05) is 12.5 Å². The summed E-state index contributed by atoms with van der Waals surface area (Å²) in [4.78, 5) is 4.16. The molecule has 1 aromatic heterocycles. The Morgan fingerprint density at radius 3 is 2.94 bits per heavy atom. The molecule has 5 nitrogen and oxygen atoms in total. The summed E-state index contributed by atoms with van der Waals surface area (Å²) in [5, 5.41) is 12.3. The third-order valence-electron chi connectivity index (χ3n) is 2.96. The van der Waals surface area contributed by atoms with Crippen molar-refractivity contribution in [3.63, 3.8) is 0 Å². The molecule has 1 heterocycles. The summed E-state index contributed by atoms with van der Waals surface area (Å²) in [6.45, 7) is 5.90. The number of hydrogen-bond acceptors (Lipinski definition) is 4. The number of rotatable bonds is 8. The summed E-state index contributed by atoms with van der Waals surface area (Å²) in [5.41, 5.74) is 6.94. The Morgan fingerprint density at radius 1 is 1.59 bits per heavy atom. The molecule has 0 saturated heterocycles. The number of hydrogen-bond donors (Lipinski definition) is 3. The molecule has 0 saturated carbocycles. The minimum Gasteiger partial charge on any atom is -0.396 e. The smallest absolute Gasteiger partial charge is 0.0948 e. The highest BCUT2D eigenvalue weighted by atomic mass is 16.2. The summed E-state index contributed by atoms with van der Waals surface area (Å²) < 4.78 is 2.10. The second-order valence-corrected chi connectivity index (χ2v) is 4.33. The quantitative estimate of drug-likeness (QED) is 0.624. The average molecular weight is 240 g/mol. The minimum absolute atomic E-state index is 0.131. The minimum atomic E-state index is 0.131. The van der Waals surface area contributed by atoms with Crippen LogP contribution in [-0.2, 0) is 6.54 Å². The van der Waals surface area contributed by atoms with E-state index < -0.39 is 0 Å². The van der Waals surface area contributed by atoms with Crippen LogP contribution in [0.4, 0.5) is 0 Å². The second-order valence-electron chi connectivity index (χ2n) is 4.33. The first-order chi connectivity index (χ1) is 8.22. The van der Waals surface area contributed by atoms with Gasteiger partial charge in [0.1, 0.15) is 0 Å². The standard InChI is InChI=1S/C12H24N4O/c1-3-16-9-14-8-12(16)11(7-13)15-10(2)5-4-6-17/h8-11,15,17H,3-7,13H2,1-2H3. The van der Waals surface area contributed by atoms with Gasteiger partial charge in [-0.3, -0.25) is 0 Å². The van der Waals surface area contributed by atoms with Gasteiger partial charge in [0.05, 0.1) is 18.1 Å². The van der Waals surface area contributed by atoms with Crippen LogP contribution >= 0.6 is 0 Å². The van der Waals surface area contributed by atoms with Crippen LogP contribution in [0, 0.1) is 0 Å². The van der Waals surface area contributed by atoms with Crippen LogP contribution in [0.25, 0.3) is 0 Å². The Hall–Kier alpha value is -0.910. The van der Waals surface area contributed by atoms with Crippen LogP contribution in [0.15, 0.2) is 12.5 Å². The number of nitrogens with zero attached hydrogens (tertiary/aromatic N) is 2. The lowest BCUT2D eigenvalue weighted by Gasteiger charge is -2.22. The molecule has 0 fully saturated rings. The zero-order valence-electron chi connectivity index (χ0n) is 10.8. The first kappa shape index (κ1) is 14.2. The fraction of sp³-hybridized carbons (Fsp3) is 0.750. The fourth-order valence-corrected chi connectivity index (χ4v) is 1.98. The summed E-state index contributed by atoms with van der Waals surface area (Å²) in [7, 11) is 0. The molecular formula is C12H24N4O. The third kappa shape index (κ3) is 4.11. The SMILES string of the molecule is CCn1cncc1C(CN)NC(C)CCCO. The Morgan fingerprint density at radius 2 is 2.35 bits per heavy atom. The molecule has 2 atom stereocenters. The monoisotopic (exact) mass is 240 g/mol. The van der Waals surface area contributed by atoms with Crippen molar-refractivity contribution in [3.05, 3.63) is 18.2 Å². The van der Waals surface area contributed by atoms with E-state index in [1.165, 1.54) is 0 Å². The normalized spacial score (nSPS) is 14.8. The van der Waals surface area contributed by atoms with E-state index in [4.69, 9.17) is 10.8 Å².